The molecule has 5 heteroatoms. The number of alkyl halides is 1. The van der Waals surface area contributed by atoms with Gasteiger partial charge in [-0.2, -0.15) is 0 Å². The van der Waals surface area contributed by atoms with Gasteiger partial charge in [0, 0.05) is 18.3 Å². The highest BCUT2D eigenvalue weighted by Gasteiger charge is 2.21. The van der Waals surface area contributed by atoms with Crippen LogP contribution >= 0.6 is 0 Å². The van der Waals surface area contributed by atoms with Gasteiger partial charge in [0.1, 0.15) is 12.9 Å². The summed E-state index contributed by atoms with van der Waals surface area (Å²) in [5.41, 5.74) is 1.02. The summed E-state index contributed by atoms with van der Waals surface area (Å²) in [5.74, 6) is -0.620. The molecule has 0 aliphatic rings. The number of rotatable bonds is 4. The molecule has 1 aromatic rings. The molecule has 2 atom stereocenters. The van der Waals surface area contributed by atoms with Gasteiger partial charge in [-0.15, -0.1) is 6.58 Å². The fourth-order valence-electron chi connectivity index (χ4n) is 1.19. The second kappa shape index (κ2) is 7.64. The maximum atomic E-state index is 12.4. The first-order valence-corrected chi connectivity index (χ1v) is 4.63. The van der Waals surface area contributed by atoms with Crippen molar-refractivity contribution in [2.75, 3.05) is 6.67 Å². The molecular formula is C11H15FN2O2. The van der Waals surface area contributed by atoms with Crippen LogP contribution in [0.4, 0.5) is 4.39 Å². The monoisotopic (exact) mass is 226 g/mol. The number of hydrogen-bond donors (Lipinski definition) is 1. The van der Waals surface area contributed by atoms with Crippen molar-refractivity contribution in [1.29, 1.82) is 0 Å². The third-order valence-corrected chi connectivity index (χ3v) is 2.09. The van der Waals surface area contributed by atoms with Crippen LogP contribution in [0.5, 0.6) is 0 Å². The van der Waals surface area contributed by atoms with Crippen molar-refractivity contribution in [2.45, 2.75) is 13.0 Å². The van der Waals surface area contributed by atoms with Crippen LogP contribution in [0.25, 0.3) is 0 Å². The molecule has 0 radical (unpaired) electrons. The molecule has 0 saturated carbocycles. The molecule has 0 spiro atoms. The van der Waals surface area contributed by atoms with Gasteiger partial charge >= 0.3 is 0 Å². The van der Waals surface area contributed by atoms with Gasteiger partial charge in [0.15, 0.2) is 0 Å². The van der Waals surface area contributed by atoms with Gasteiger partial charge in [-0.3, -0.25) is 14.4 Å². The Kier molecular flexibility index (Phi) is 6.87. The summed E-state index contributed by atoms with van der Waals surface area (Å²) in [6, 6.07) is 0. The largest absolute Gasteiger partial charge is 0.386 e. The van der Waals surface area contributed by atoms with E-state index in [1.54, 1.807) is 6.92 Å². The molecule has 0 aromatic carbocycles. The molecule has 1 aromatic heterocycles. The van der Waals surface area contributed by atoms with Crippen molar-refractivity contribution >= 4 is 6.79 Å². The van der Waals surface area contributed by atoms with Gasteiger partial charge in [0.2, 0.25) is 0 Å². The number of nitrogens with zero attached hydrogens (tertiary/aromatic N) is 2. The molecule has 2 unspecified atom stereocenters. The maximum absolute atomic E-state index is 12.4. The molecule has 1 rings (SSSR count). The Morgan fingerprint density at radius 3 is 2.50 bits per heavy atom. The Labute approximate surface area is 93.9 Å². The lowest BCUT2D eigenvalue weighted by molar-refractivity contribution is -0.0979. The molecule has 4 nitrogen and oxygen atoms in total. The minimum absolute atomic E-state index is 0.412. The van der Waals surface area contributed by atoms with E-state index in [4.69, 9.17) is 4.79 Å². The van der Waals surface area contributed by atoms with Gasteiger partial charge in [-0.1, -0.05) is 6.08 Å². The van der Waals surface area contributed by atoms with Crippen molar-refractivity contribution in [2.24, 2.45) is 5.92 Å². The standard InChI is InChI=1S/C10H13FN2O.CH2O/c1-3-8(6-11)10(14)9-7(2)12-4-5-13-9;1-2/h3-5,8,10,14H,1,6H2,2H3;1H2. The molecule has 0 fully saturated rings. The minimum atomic E-state index is -0.966. The van der Waals surface area contributed by atoms with E-state index in [1.807, 2.05) is 6.79 Å². The summed E-state index contributed by atoms with van der Waals surface area (Å²) in [6.45, 7) is 6.53. The predicted molar refractivity (Wildman–Crippen MR) is 58.5 cm³/mol. The van der Waals surface area contributed by atoms with Crippen molar-refractivity contribution < 1.29 is 14.3 Å². The predicted octanol–water partition coefficient (Wildman–Crippen LogP) is 1.41. The zero-order valence-electron chi connectivity index (χ0n) is 9.14. The van der Waals surface area contributed by atoms with E-state index in [-0.39, 0.29) is 0 Å². The molecule has 1 heterocycles. The van der Waals surface area contributed by atoms with Crippen LogP contribution < -0.4 is 0 Å². The maximum Gasteiger partial charge on any atom is 0.106 e. The fraction of sp³-hybridized carbons (Fsp3) is 0.364. The summed E-state index contributed by atoms with van der Waals surface area (Å²) < 4.78 is 12.4. The summed E-state index contributed by atoms with van der Waals surface area (Å²) >= 11 is 0. The summed E-state index contributed by atoms with van der Waals surface area (Å²) in [5, 5.41) is 9.75. The topological polar surface area (TPSA) is 63.1 Å². The number of carbonyl (C=O) groups excluding carboxylic acids is 1. The average molecular weight is 226 g/mol. The summed E-state index contributed by atoms with van der Waals surface area (Å²) in [7, 11) is 0. The van der Waals surface area contributed by atoms with Gasteiger partial charge < -0.3 is 9.90 Å². The van der Waals surface area contributed by atoms with Gasteiger partial charge in [-0.25, -0.2) is 0 Å². The second-order valence-corrected chi connectivity index (χ2v) is 3.03. The Balaban J connectivity index is 0.00000106. The molecular weight excluding hydrogens is 211 g/mol. The molecule has 16 heavy (non-hydrogen) atoms. The highest BCUT2D eigenvalue weighted by Crippen LogP contribution is 2.22. The van der Waals surface area contributed by atoms with Gasteiger partial charge in [0.05, 0.1) is 18.1 Å². The van der Waals surface area contributed by atoms with Crippen LogP contribution in [0, 0.1) is 12.8 Å². The number of aryl methyl sites for hydroxylation is 1. The molecule has 88 valence electrons. The lowest BCUT2D eigenvalue weighted by atomic mass is 10.00. The molecule has 1 N–H and O–H groups in total. The lowest BCUT2D eigenvalue weighted by Crippen LogP contribution is -2.15. The van der Waals surface area contributed by atoms with E-state index in [9.17, 15) is 9.50 Å². The zero-order chi connectivity index (χ0) is 12.6. The van der Waals surface area contributed by atoms with E-state index in [2.05, 4.69) is 16.5 Å². The number of carbonyl (C=O) groups is 1. The summed E-state index contributed by atoms with van der Waals surface area (Å²) in [6.07, 6.45) is 3.43. The van der Waals surface area contributed by atoms with Crippen molar-refractivity contribution in [3.63, 3.8) is 0 Å². The first-order chi connectivity index (χ1) is 7.70. The molecule has 0 aliphatic heterocycles. The smallest absolute Gasteiger partial charge is 0.106 e. The summed E-state index contributed by atoms with van der Waals surface area (Å²) in [4.78, 5) is 15.9. The van der Waals surface area contributed by atoms with Crippen LogP contribution in [0.15, 0.2) is 25.0 Å². The Bertz CT molecular complexity index is 334. The number of aromatic nitrogens is 2. The lowest BCUT2D eigenvalue weighted by Gasteiger charge is -2.16. The van der Waals surface area contributed by atoms with Crippen LogP contribution in [-0.4, -0.2) is 28.5 Å². The van der Waals surface area contributed by atoms with Crippen molar-refractivity contribution in [1.82, 2.24) is 9.97 Å². The van der Waals surface area contributed by atoms with E-state index in [0.717, 1.165) is 0 Å². The number of halogens is 1. The molecule has 0 amide bonds. The van der Waals surface area contributed by atoms with E-state index >= 15 is 0 Å². The molecule has 0 bridgehead atoms. The van der Waals surface area contributed by atoms with Crippen molar-refractivity contribution in [3.05, 3.63) is 36.4 Å². The number of aliphatic hydroxyl groups is 1. The average Bonchev–Trinajstić information content (AvgIpc) is 2.33. The zero-order valence-corrected chi connectivity index (χ0v) is 9.14. The molecule has 0 saturated heterocycles. The van der Waals surface area contributed by atoms with Crippen LogP contribution in [0.3, 0.4) is 0 Å². The van der Waals surface area contributed by atoms with Crippen LogP contribution in [0.2, 0.25) is 0 Å². The third kappa shape index (κ3) is 3.51. The SMILES string of the molecule is C=CC(CF)C(O)c1nccnc1C.C=O. The second-order valence-electron chi connectivity index (χ2n) is 3.03. The Hall–Kier alpha value is -1.62. The number of hydrogen-bond acceptors (Lipinski definition) is 4. The van der Waals surface area contributed by atoms with Crippen LogP contribution in [-0.2, 0) is 4.79 Å². The number of aliphatic hydroxyl groups excluding tert-OH is 1. The third-order valence-electron chi connectivity index (χ3n) is 2.09. The molecule has 0 aliphatic carbocycles. The highest BCUT2D eigenvalue weighted by atomic mass is 19.1. The Morgan fingerprint density at radius 1 is 1.50 bits per heavy atom. The first kappa shape index (κ1) is 14.4. The highest BCUT2D eigenvalue weighted by molar-refractivity contribution is 5.13. The van der Waals surface area contributed by atoms with Crippen molar-refractivity contribution in [3.8, 4) is 0 Å². The van der Waals surface area contributed by atoms with E-state index < -0.39 is 18.7 Å². The van der Waals surface area contributed by atoms with E-state index in [1.165, 1.54) is 18.5 Å². The van der Waals surface area contributed by atoms with Gasteiger partial charge in [0.25, 0.3) is 0 Å². The minimum Gasteiger partial charge on any atom is -0.386 e. The normalized spacial score (nSPS) is 13.2. The first-order valence-electron chi connectivity index (χ1n) is 4.63. The van der Waals surface area contributed by atoms with Gasteiger partial charge in [-0.05, 0) is 6.92 Å². The Morgan fingerprint density at radius 2 is 2.06 bits per heavy atom. The fourth-order valence-corrected chi connectivity index (χ4v) is 1.19. The van der Waals surface area contributed by atoms with Crippen LogP contribution in [0.1, 0.15) is 17.5 Å². The quantitative estimate of drug-likeness (QED) is 0.788. The van der Waals surface area contributed by atoms with E-state index in [0.29, 0.717) is 11.4 Å².